The summed E-state index contributed by atoms with van der Waals surface area (Å²) in [5, 5.41) is 6.19. The van der Waals surface area contributed by atoms with Gasteiger partial charge < -0.3 is 10.1 Å². The highest BCUT2D eigenvalue weighted by molar-refractivity contribution is 7.92. The number of anilines is 2. The van der Waals surface area contributed by atoms with E-state index in [9.17, 15) is 17.6 Å². The van der Waals surface area contributed by atoms with Gasteiger partial charge in [-0.1, -0.05) is 0 Å². The second kappa shape index (κ2) is 7.77. The van der Waals surface area contributed by atoms with Gasteiger partial charge in [-0.15, -0.1) is 0 Å². The van der Waals surface area contributed by atoms with E-state index in [-0.39, 0.29) is 22.2 Å². The van der Waals surface area contributed by atoms with Crippen molar-refractivity contribution in [3.05, 3.63) is 70.7 Å². The van der Waals surface area contributed by atoms with E-state index in [0.717, 1.165) is 24.3 Å². The largest absolute Gasteiger partial charge is 0.495 e. The first-order valence-electron chi connectivity index (χ1n) is 7.69. The molecule has 3 aromatic rings. The molecule has 140 valence electrons. The third-order valence-corrected chi connectivity index (χ3v) is 5.67. The Bertz CT molecular complexity index is 1050. The smallest absolute Gasteiger partial charge is 0.262 e. The molecule has 27 heavy (non-hydrogen) atoms. The van der Waals surface area contributed by atoms with Crippen LogP contribution < -0.4 is 14.8 Å². The average Bonchev–Trinajstić information content (AvgIpc) is 3.17. The van der Waals surface area contributed by atoms with Crippen LogP contribution >= 0.6 is 11.3 Å². The summed E-state index contributed by atoms with van der Waals surface area (Å²) in [5.41, 5.74) is 1.04. The number of sulfonamides is 1. The van der Waals surface area contributed by atoms with Gasteiger partial charge in [0.15, 0.2) is 0 Å². The summed E-state index contributed by atoms with van der Waals surface area (Å²) in [7, 11) is -2.56. The Kier molecular flexibility index (Phi) is 5.43. The standard InChI is InChI=1S/C18H15FN2O4S2/c1-25-17-7-4-14(20-18(22)12-8-9-26-11-12)10-16(17)21-27(23,24)15-5-2-13(19)3-6-15/h2-11,21H,1H3,(H,20,22). The molecule has 6 nitrogen and oxygen atoms in total. The Morgan fingerprint density at radius 2 is 1.85 bits per heavy atom. The SMILES string of the molecule is COc1ccc(NC(=O)c2ccsc2)cc1NS(=O)(=O)c1ccc(F)cc1. The van der Waals surface area contributed by atoms with Gasteiger partial charge in [-0.05, 0) is 53.9 Å². The molecule has 1 heterocycles. The van der Waals surface area contributed by atoms with Crippen molar-refractivity contribution in [3.63, 3.8) is 0 Å². The van der Waals surface area contributed by atoms with Crippen LogP contribution in [0.2, 0.25) is 0 Å². The van der Waals surface area contributed by atoms with Gasteiger partial charge in [0.05, 0.1) is 23.3 Å². The number of thiophene rings is 1. The molecule has 1 aromatic heterocycles. The van der Waals surface area contributed by atoms with Crippen molar-refractivity contribution in [1.29, 1.82) is 0 Å². The van der Waals surface area contributed by atoms with E-state index in [4.69, 9.17) is 4.74 Å². The van der Waals surface area contributed by atoms with Crippen LogP contribution in [-0.2, 0) is 10.0 Å². The Morgan fingerprint density at radius 3 is 2.48 bits per heavy atom. The number of nitrogens with one attached hydrogen (secondary N) is 2. The average molecular weight is 406 g/mol. The predicted molar refractivity (Wildman–Crippen MR) is 102 cm³/mol. The molecule has 0 fully saturated rings. The highest BCUT2D eigenvalue weighted by Crippen LogP contribution is 2.30. The number of hydrogen-bond acceptors (Lipinski definition) is 5. The number of carbonyl (C=O) groups excluding carboxylic acids is 1. The Hall–Kier alpha value is -2.91. The van der Waals surface area contributed by atoms with Gasteiger partial charge in [-0.2, -0.15) is 11.3 Å². The molecule has 2 aromatic carbocycles. The number of hydrogen-bond donors (Lipinski definition) is 2. The van der Waals surface area contributed by atoms with Crippen molar-refractivity contribution in [2.75, 3.05) is 17.1 Å². The lowest BCUT2D eigenvalue weighted by atomic mass is 10.2. The van der Waals surface area contributed by atoms with Crippen LogP contribution in [0, 0.1) is 5.82 Å². The first-order chi connectivity index (χ1) is 12.9. The van der Waals surface area contributed by atoms with Crippen LogP contribution in [0.15, 0.2) is 64.2 Å². The fraction of sp³-hybridized carbons (Fsp3) is 0.0556. The van der Waals surface area contributed by atoms with Gasteiger partial charge in [0, 0.05) is 11.1 Å². The molecule has 1 amide bonds. The summed E-state index contributed by atoms with van der Waals surface area (Å²) in [6.07, 6.45) is 0. The van der Waals surface area contributed by atoms with Crippen LogP contribution in [0.3, 0.4) is 0 Å². The number of rotatable bonds is 6. The normalized spacial score (nSPS) is 11.0. The maximum absolute atomic E-state index is 13.0. The van der Waals surface area contributed by atoms with Crippen molar-refractivity contribution in [2.45, 2.75) is 4.90 Å². The predicted octanol–water partition coefficient (Wildman–Crippen LogP) is 3.95. The molecule has 0 aliphatic rings. The summed E-state index contributed by atoms with van der Waals surface area (Å²) in [5.74, 6) is -0.576. The summed E-state index contributed by atoms with van der Waals surface area (Å²) in [4.78, 5) is 12.1. The lowest BCUT2D eigenvalue weighted by Crippen LogP contribution is -2.15. The molecule has 0 unspecified atom stereocenters. The lowest BCUT2D eigenvalue weighted by Gasteiger charge is -2.14. The molecule has 3 rings (SSSR count). The first-order valence-corrected chi connectivity index (χ1v) is 10.1. The molecule has 0 saturated heterocycles. The molecule has 0 aliphatic heterocycles. The number of halogens is 1. The van der Waals surface area contributed by atoms with Gasteiger partial charge >= 0.3 is 0 Å². The third kappa shape index (κ3) is 4.44. The van der Waals surface area contributed by atoms with Gasteiger partial charge in [-0.25, -0.2) is 12.8 Å². The van der Waals surface area contributed by atoms with Crippen molar-refractivity contribution in [2.24, 2.45) is 0 Å². The minimum absolute atomic E-state index is 0.0985. The molecule has 0 bridgehead atoms. The molecule has 0 atom stereocenters. The zero-order valence-corrected chi connectivity index (χ0v) is 15.7. The van der Waals surface area contributed by atoms with Crippen LogP contribution in [0.5, 0.6) is 5.75 Å². The fourth-order valence-electron chi connectivity index (χ4n) is 2.28. The Morgan fingerprint density at radius 1 is 1.11 bits per heavy atom. The van der Waals surface area contributed by atoms with Gasteiger partial charge in [0.1, 0.15) is 11.6 Å². The second-order valence-electron chi connectivity index (χ2n) is 5.44. The highest BCUT2D eigenvalue weighted by Gasteiger charge is 2.17. The zero-order valence-electron chi connectivity index (χ0n) is 14.1. The summed E-state index contributed by atoms with van der Waals surface area (Å²) < 4.78 is 45.7. The van der Waals surface area contributed by atoms with Crippen molar-refractivity contribution < 1.29 is 22.3 Å². The summed E-state index contributed by atoms with van der Waals surface area (Å²) >= 11 is 1.39. The quantitative estimate of drug-likeness (QED) is 0.649. The first kappa shape index (κ1) is 18.9. The lowest BCUT2D eigenvalue weighted by molar-refractivity contribution is 0.102. The zero-order chi connectivity index (χ0) is 19.4. The fourth-order valence-corrected chi connectivity index (χ4v) is 3.98. The number of methoxy groups -OCH3 is 1. The summed E-state index contributed by atoms with van der Waals surface area (Å²) in [6.45, 7) is 0. The van der Waals surface area contributed by atoms with E-state index >= 15 is 0 Å². The Balaban J connectivity index is 1.87. The van der Waals surface area contributed by atoms with Crippen LogP contribution in [0.1, 0.15) is 10.4 Å². The highest BCUT2D eigenvalue weighted by atomic mass is 32.2. The van der Waals surface area contributed by atoms with Crippen molar-refractivity contribution in [1.82, 2.24) is 0 Å². The number of benzene rings is 2. The minimum Gasteiger partial charge on any atom is -0.495 e. The maximum Gasteiger partial charge on any atom is 0.262 e. The number of carbonyl (C=O) groups is 1. The van der Waals surface area contributed by atoms with Crippen molar-refractivity contribution in [3.8, 4) is 5.75 Å². The second-order valence-corrected chi connectivity index (χ2v) is 7.90. The van der Waals surface area contributed by atoms with Gasteiger partial charge in [0.25, 0.3) is 15.9 Å². The van der Waals surface area contributed by atoms with E-state index in [1.54, 1.807) is 22.9 Å². The van der Waals surface area contributed by atoms with Gasteiger partial charge in [0.2, 0.25) is 0 Å². The minimum atomic E-state index is -3.96. The molecule has 2 N–H and O–H groups in total. The molecule has 9 heteroatoms. The molecular weight excluding hydrogens is 391 g/mol. The van der Waals surface area contributed by atoms with Crippen LogP contribution in [-0.4, -0.2) is 21.4 Å². The topological polar surface area (TPSA) is 84.5 Å². The Labute approximate surface area is 159 Å². The van der Waals surface area contributed by atoms with Crippen LogP contribution in [0.4, 0.5) is 15.8 Å². The monoisotopic (exact) mass is 406 g/mol. The van der Waals surface area contributed by atoms with Crippen molar-refractivity contribution >= 4 is 38.6 Å². The van der Waals surface area contributed by atoms with E-state index in [0.29, 0.717) is 11.3 Å². The molecule has 0 spiro atoms. The third-order valence-electron chi connectivity index (χ3n) is 3.61. The van der Waals surface area contributed by atoms with E-state index in [1.807, 2.05) is 0 Å². The summed E-state index contributed by atoms with van der Waals surface area (Å²) in [6, 6.07) is 10.7. The number of amides is 1. The molecular formula is C18H15FN2O4S2. The number of ether oxygens (including phenoxy) is 1. The van der Waals surface area contributed by atoms with E-state index < -0.39 is 15.8 Å². The van der Waals surface area contributed by atoms with Gasteiger partial charge in [-0.3, -0.25) is 9.52 Å². The van der Waals surface area contributed by atoms with E-state index in [1.165, 1.54) is 30.6 Å². The molecule has 0 radical (unpaired) electrons. The van der Waals surface area contributed by atoms with Crippen LogP contribution in [0.25, 0.3) is 0 Å². The maximum atomic E-state index is 13.0. The van der Waals surface area contributed by atoms with E-state index in [2.05, 4.69) is 10.0 Å². The molecule has 0 saturated carbocycles. The molecule has 0 aliphatic carbocycles.